The SMILES string of the molecule is COc1ccc(C(=O)c2ccc(F)cc2Cl)cc1OC. The Bertz CT molecular complexity index is 656. The Morgan fingerprint density at radius 1 is 1.05 bits per heavy atom. The van der Waals surface area contributed by atoms with Gasteiger partial charge in [-0.3, -0.25) is 4.79 Å². The fourth-order valence-corrected chi connectivity index (χ4v) is 2.06. The predicted molar refractivity (Wildman–Crippen MR) is 74.4 cm³/mol. The van der Waals surface area contributed by atoms with Crippen molar-refractivity contribution in [3.05, 3.63) is 58.4 Å². The smallest absolute Gasteiger partial charge is 0.194 e. The van der Waals surface area contributed by atoms with Crippen molar-refractivity contribution in [3.8, 4) is 11.5 Å². The Labute approximate surface area is 120 Å². The molecule has 2 rings (SSSR count). The number of carbonyl (C=O) groups excluding carboxylic acids is 1. The maximum Gasteiger partial charge on any atom is 0.194 e. The number of halogens is 2. The Morgan fingerprint density at radius 2 is 1.75 bits per heavy atom. The van der Waals surface area contributed by atoms with Gasteiger partial charge in [0.15, 0.2) is 17.3 Å². The summed E-state index contributed by atoms with van der Waals surface area (Å²) in [7, 11) is 2.99. The molecule has 0 aliphatic carbocycles. The molecule has 0 amide bonds. The van der Waals surface area contributed by atoms with Gasteiger partial charge in [0, 0.05) is 11.1 Å². The lowest BCUT2D eigenvalue weighted by Gasteiger charge is -2.09. The van der Waals surface area contributed by atoms with Gasteiger partial charge in [-0.1, -0.05) is 11.6 Å². The highest BCUT2D eigenvalue weighted by Crippen LogP contribution is 2.29. The van der Waals surface area contributed by atoms with Crippen LogP contribution in [0.4, 0.5) is 4.39 Å². The second kappa shape index (κ2) is 5.92. The number of hydrogen-bond donors (Lipinski definition) is 0. The third-order valence-corrected chi connectivity index (χ3v) is 3.13. The van der Waals surface area contributed by atoms with Gasteiger partial charge in [-0.2, -0.15) is 0 Å². The monoisotopic (exact) mass is 294 g/mol. The van der Waals surface area contributed by atoms with Crippen molar-refractivity contribution in [2.75, 3.05) is 14.2 Å². The molecule has 2 aromatic rings. The van der Waals surface area contributed by atoms with Crippen LogP contribution in [0.1, 0.15) is 15.9 Å². The molecule has 0 N–H and O–H groups in total. The van der Waals surface area contributed by atoms with Crippen molar-refractivity contribution in [2.24, 2.45) is 0 Å². The van der Waals surface area contributed by atoms with E-state index in [1.165, 1.54) is 26.4 Å². The van der Waals surface area contributed by atoms with Crippen molar-refractivity contribution in [3.63, 3.8) is 0 Å². The average Bonchev–Trinajstić information content (AvgIpc) is 2.45. The van der Waals surface area contributed by atoms with Crippen LogP contribution in [0.2, 0.25) is 5.02 Å². The average molecular weight is 295 g/mol. The Hall–Kier alpha value is -2.07. The van der Waals surface area contributed by atoms with Gasteiger partial charge in [0.05, 0.1) is 19.2 Å². The molecule has 0 radical (unpaired) electrons. The van der Waals surface area contributed by atoms with E-state index in [1.54, 1.807) is 18.2 Å². The summed E-state index contributed by atoms with van der Waals surface area (Å²) < 4.78 is 23.2. The van der Waals surface area contributed by atoms with Crippen LogP contribution in [-0.4, -0.2) is 20.0 Å². The lowest BCUT2D eigenvalue weighted by atomic mass is 10.0. The normalized spacial score (nSPS) is 10.2. The molecular weight excluding hydrogens is 283 g/mol. The lowest BCUT2D eigenvalue weighted by molar-refractivity contribution is 0.103. The van der Waals surface area contributed by atoms with Crippen LogP contribution in [0.15, 0.2) is 36.4 Å². The maximum atomic E-state index is 13.0. The highest BCUT2D eigenvalue weighted by Gasteiger charge is 2.15. The number of benzene rings is 2. The zero-order valence-corrected chi connectivity index (χ0v) is 11.7. The van der Waals surface area contributed by atoms with E-state index in [2.05, 4.69) is 0 Å². The number of carbonyl (C=O) groups is 1. The first kappa shape index (κ1) is 14.3. The standard InChI is InChI=1S/C15H12ClFO3/c1-19-13-6-3-9(7-14(13)20-2)15(18)11-5-4-10(17)8-12(11)16/h3-8H,1-2H3. The van der Waals surface area contributed by atoms with E-state index in [9.17, 15) is 9.18 Å². The first-order chi connectivity index (χ1) is 9.56. The molecule has 0 aliphatic rings. The van der Waals surface area contributed by atoms with Crippen molar-refractivity contribution in [1.82, 2.24) is 0 Å². The van der Waals surface area contributed by atoms with E-state index in [1.807, 2.05) is 0 Å². The van der Waals surface area contributed by atoms with Gasteiger partial charge in [-0.05, 0) is 36.4 Å². The van der Waals surface area contributed by atoms with Crippen molar-refractivity contribution < 1.29 is 18.7 Å². The van der Waals surface area contributed by atoms with Crippen LogP contribution in [0, 0.1) is 5.82 Å². The molecule has 104 valence electrons. The second-order valence-electron chi connectivity index (χ2n) is 4.02. The molecule has 0 aliphatic heterocycles. The van der Waals surface area contributed by atoms with Crippen molar-refractivity contribution >= 4 is 17.4 Å². The van der Waals surface area contributed by atoms with Crippen LogP contribution < -0.4 is 9.47 Å². The molecule has 0 saturated carbocycles. The summed E-state index contributed by atoms with van der Waals surface area (Å²) in [6, 6.07) is 8.44. The van der Waals surface area contributed by atoms with Gasteiger partial charge < -0.3 is 9.47 Å². The number of rotatable bonds is 4. The summed E-state index contributed by atoms with van der Waals surface area (Å²) in [4.78, 5) is 12.3. The number of ether oxygens (including phenoxy) is 2. The van der Waals surface area contributed by atoms with Crippen LogP contribution in [-0.2, 0) is 0 Å². The zero-order chi connectivity index (χ0) is 14.7. The van der Waals surface area contributed by atoms with Gasteiger partial charge in [-0.15, -0.1) is 0 Å². The Kier molecular flexibility index (Phi) is 4.25. The van der Waals surface area contributed by atoms with Crippen LogP contribution >= 0.6 is 11.6 Å². The first-order valence-corrected chi connectivity index (χ1v) is 6.16. The molecule has 0 aromatic heterocycles. The first-order valence-electron chi connectivity index (χ1n) is 5.78. The molecule has 0 fully saturated rings. The fourth-order valence-electron chi connectivity index (χ4n) is 1.81. The topological polar surface area (TPSA) is 35.5 Å². The van der Waals surface area contributed by atoms with E-state index in [0.29, 0.717) is 17.1 Å². The van der Waals surface area contributed by atoms with E-state index >= 15 is 0 Å². The molecule has 3 nitrogen and oxygen atoms in total. The number of hydrogen-bond acceptors (Lipinski definition) is 3. The van der Waals surface area contributed by atoms with Crippen LogP contribution in [0.5, 0.6) is 11.5 Å². The second-order valence-corrected chi connectivity index (χ2v) is 4.43. The zero-order valence-electron chi connectivity index (χ0n) is 10.9. The molecule has 0 heterocycles. The van der Waals surface area contributed by atoms with Crippen LogP contribution in [0.25, 0.3) is 0 Å². The molecule has 0 unspecified atom stereocenters. The predicted octanol–water partition coefficient (Wildman–Crippen LogP) is 3.73. The third kappa shape index (κ3) is 2.75. The molecule has 0 saturated heterocycles. The summed E-state index contributed by atoms with van der Waals surface area (Å²) in [5, 5.41) is 0.0739. The highest BCUT2D eigenvalue weighted by molar-refractivity contribution is 6.35. The molecule has 2 aromatic carbocycles. The van der Waals surface area contributed by atoms with Gasteiger partial charge in [0.2, 0.25) is 0 Å². The van der Waals surface area contributed by atoms with Crippen LogP contribution in [0.3, 0.4) is 0 Å². The van der Waals surface area contributed by atoms with Crippen molar-refractivity contribution in [2.45, 2.75) is 0 Å². The number of methoxy groups -OCH3 is 2. The minimum absolute atomic E-state index is 0.0739. The minimum atomic E-state index is -0.487. The summed E-state index contributed by atoms with van der Waals surface area (Å²) in [5.41, 5.74) is 0.622. The molecular formula is C15H12ClFO3. The maximum absolute atomic E-state index is 13.0. The number of ketones is 1. The molecule has 0 atom stereocenters. The van der Waals surface area contributed by atoms with Gasteiger partial charge >= 0.3 is 0 Å². The third-order valence-electron chi connectivity index (χ3n) is 2.82. The summed E-state index contributed by atoms with van der Waals surface area (Å²) in [6.45, 7) is 0. The minimum Gasteiger partial charge on any atom is -0.493 e. The lowest BCUT2D eigenvalue weighted by Crippen LogP contribution is -2.03. The van der Waals surface area contributed by atoms with Gasteiger partial charge in [-0.25, -0.2) is 4.39 Å². The quantitative estimate of drug-likeness (QED) is 0.806. The van der Waals surface area contributed by atoms with Crippen molar-refractivity contribution in [1.29, 1.82) is 0 Å². The van der Waals surface area contributed by atoms with E-state index in [0.717, 1.165) is 6.07 Å². The molecule has 5 heteroatoms. The van der Waals surface area contributed by atoms with Gasteiger partial charge in [0.25, 0.3) is 0 Å². The van der Waals surface area contributed by atoms with E-state index in [-0.39, 0.29) is 16.4 Å². The Morgan fingerprint density at radius 3 is 2.35 bits per heavy atom. The van der Waals surface area contributed by atoms with Gasteiger partial charge in [0.1, 0.15) is 5.82 Å². The summed E-state index contributed by atoms with van der Waals surface area (Å²) in [5.74, 6) is 0.167. The Balaban J connectivity index is 2.43. The summed E-state index contributed by atoms with van der Waals surface area (Å²) >= 11 is 5.89. The molecule has 20 heavy (non-hydrogen) atoms. The van der Waals surface area contributed by atoms with E-state index in [4.69, 9.17) is 21.1 Å². The molecule has 0 spiro atoms. The largest absolute Gasteiger partial charge is 0.493 e. The fraction of sp³-hybridized carbons (Fsp3) is 0.133. The summed E-state index contributed by atoms with van der Waals surface area (Å²) in [6.07, 6.45) is 0. The highest BCUT2D eigenvalue weighted by atomic mass is 35.5. The molecule has 0 bridgehead atoms. The van der Waals surface area contributed by atoms with E-state index < -0.39 is 5.82 Å².